The molecule has 4 aromatic rings. The molecule has 0 aliphatic rings. The Morgan fingerprint density at radius 1 is 0.729 bits per heavy atom. The number of aromatic nitrogens is 2. The lowest BCUT2D eigenvalue weighted by atomic mass is 10.1. The highest BCUT2D eigenvalue weighted by Crippen LogP contribution is 2.23. The fraction of sp³-hybridized carbons (Fsp3) is 0.400. The summed E-state index contributed by atoms with van der Waals surface area (Å²) in [6, 6.07) is 18.3. The van der Waals surface area contributed by atoms with E-state index >= 15 is 0 Å². The number of para-hydroxylation sites is 2. The van der Waals surface area contributed by atoms with Gasteiger partial charge in [-0.3, -0.25) is 34.3 Å². The number of hydrogen-bond acceptors (Lipinski definition) is 10. The van der Waals surface area contributed by atoms with Crippen LogP contribution in [0.1, 0.15) is 44.5 Å². The molecule has 0 aliphatic heterocycles. The number of carbonyl (C=O) groups is 3. The van der Waals surface area contributed by atoms with Crippen LogP contribution in [0.25, 0.3) is 21.8 Å². The van der Waals surface area contributed by atoms with E-state index in [1.807, 2.05) is 101 Å². The second-order valence-electron chi connectivity index (χ2n) is 10.8. The van der Waals surface area contributed by atoms with E-state index in [0.717, 1.165) is 27.4 Å². The summed E-state index contributed by atoms with van der Waals surface area (Å²) in [6.45, 7) is 4.82. The normalized spacial score (nSPS) is 11.4. The Kier molecular flexibility index (Phi) is 22.3. The van der Waals surface area contributed by atoms with Crippen LogP contribution in [-0.4, -0.2) is 118 Å². The highest BCUT2D eigenvalue weighted by Gasteiger charge is 2.25. The zero-order chi connectivity index (χ0) is 33.5. The van der Waals surface area contributed by atoms with Crippen molar-refractivity contribution in [1.82, 2.24) is 24.7 Å². The van der Waals surface area contributed by atoms with Crippen LogP contribution in [0.2, 0.25) is 0 Å². The van der Waals surface area contributed by atoms with Crippen LogP contribution in [0.5, 0.6) is 0 Å². The van der Waals surface area contributed by atoms with Gasteiger partial charge in [-0.15, -0.1) is 12.4 Å². The van der Waals surface area contributed by atoms with E-state index in [-0.39, 0.29) is 40.2 Å². The van der Waals surface area contributed by atoms with E-state index < -0.39 is 18.1 Å². The Bertz CT molecular complexity index is 1560. The molecule has 13 heteroatoms. The lowest BCUT2D eigenvalue weighted by molar-refractivity contribution is -0.149. The maximum absolute atomic E-state index is 12.0. The monoisotopic (exact) mass is 682 g/mol. The van der Waals surface area contributed by atoms with Crippen LogP contribution in [-0.2, 0) is 23.9 Å². The number of pyridine rings is 2. The molecule has 4 rings (SSSR count). The quantitative estimate of drug-likeness (QED) is 0.177. The van der Waals surface area contributed by atoms with Crippen molar-refractivity contribution in [3.63, 3.8) is 0 Å². The van der Waals surface area contributed by atoms with E-state index in [2.05, 4.69) is 14.7 Å². The molecule has 2 atom stereocenters. The molecule has 0 bridgehead atoms. The minimum atomic E-state index is -0.868. The summed E-state index contributed by atoms with van der Waals surface area (Å²) in [6.07, 6.45) is 3.37. The summed E-state index contributed by atoms with van der Waals surface area (Å²) in [4.78, 5) is 47.8. The molecule has 2 aromatic carbocycles. The Balaban J connectivity index is 0. The van der Waals surface area contributed by atoms with E-state index in [9.17, 15) is 19.5 Å². The summed E-state index contributed by atoms with van der Waals surface area (Å²) in [5.74, 6) is -1.28. The van der Waals surface area contributed by atoms with Crippen molar-refractivity contribution in [3.05, 3.63) is 84.2 Å². The van der Waals surface area contributed by atoms with Gasteiger partial charge in [-0.1, -0.05) is 43.8 Å². The third kappa shape index (κ3) is 14.3. The van der Waals surface area contributed by atoms with Crippen molar-refractivity contribution in [2.75, 3.05) is 62.0 Å². The SMILES string of the molecule is C.CCOC(=O)C(c1cnc2ccccc2c1)N(C)C.CCOC(=O)CN(C)C.CN(C)C(C(=O)O)c1cnc2ccccc2c1.Cl.[B]. The molecule has 261 valence electrons. The first-order chi connectivity index (χ1) is 21.4. The van der Waals surface area contributed by atoms with Crippen LogP contribution in [0.15, 0.2) is 73.1 Å². The third-order valence-electron chi connectivity index (χ3n) is 6.38. The first-order valence-corrected chi connectivity index (χ1v) is 14.6. The van der Waals surface area contributed by atoms with Gasteiger partial charge in [-0.2, -0.15) is 0 Å². The van der Waals surface area contributed by atoms with Gasteiger partial charge >= 0.3 is 17.9 Å². The van der Waals surface area contributed by atoms with Crippen molar-refractivity contribution < 1.29 is 29.0 Å². The molecule has 2 heterocycles. The van der Waals surface area contributed by atoms with Crippen LogP contribution in [0.4, 0.5) is 0 Å². The van der Waals surface area contributed by atoms with Crippen molar-refractivity contribution in [2.24, 2.45) is 0 Å². The standard InChI is InChI=1S/C15H18N2O2.C13H14N2O2.C6H13NO2.CH4.B.ClH/c1-4-19-15(18)14(17(2)3)12-9-11-7-5-6-8-13(11)16-10-12;1-15(2)12(13(16)17)10-7-9-5-3-4-6-11(9)14-8-10;1-4-9-6(8)5-7(2)3;;;/h5-10,14H,4H2,1-3H3;3-8,12H,1-2H3,(H,16,17);4-5H2,1-3H3;1H4;;1H. The summed E-state index contributed by atoms with van der Waals surface area (Å²) < 4.78 is 9.80. The summed E-state index contributed by atoms with van der Waals surface area (Å²) in [5.41, 5.74) is 3.34. The minimum absolute atomic E-state index is 0. The molecule has 48 heavy (non-hydrogen) atoms. The number of halogens is 1. The molecule has 11 nitrogen and oxygen atoms in total. The Morgan fingerprint density at radius 2 is 1.15 bits per heavy atom. The van der Waals surface area contributed by atoms with Crippen molar-refractivity contribution >= 4 is 60.5 Å². The lowest BCUT2D eigenvalue weighted by Crippen LogP contribution is -2.29. The fourth-order valence-electron chi connectivity index (χ4n) is 4.47. The van der Waals surface area contributed by atoms with Crippen molar-refractivity contribution in [2.45, 2.75) is 33.4 Å². The van der Waals surface area contributed by atoms with Gasteiger partial charge in [0.15, 0.2) is 0 Å². The highest BCUT2D eigenvalue weighted by atomic mass is 35.5. The van der Waals surface area contributed by atoms with E-state index in [1.54, 1.807) is 43.2 Å². The molecule has 2 aromatic heterocycles. The van der Waals surface area contributed by atoms with Gasteiger partial charge in [0.1, 0.15) is 12.1 Å². The average molecular weight is 683 g/mol. The Morgan fingerprint density at radius 3 is 1.52 bits per heavy atom. The maximum Gasteiger partial charge on any atom is 0.328 e. The van der Waals surface area contributed by atoms with Crippen molar-refractivity contribution in [1.29, 1.82) is 0 Å². The fourth-order valence-corrected chi connectivity index (χ4v) is 4.47. The molecule has 0 aliphatic carbocycles. The molecule has 1 N–H and O–H groups in total. The van der Waals surface area contributed by atoms with Crippen LogP contribution in [0, 0.1) is 0 Å². The van der Waals surface area contributed by atoms with Gasteiger partial charge in [-0.05, 0) is 91.5 Å². The van der Waals surface area contributed by atoms with E-state index in [1.165, 1.54) is 0 Å². The van der Waals surface area contributed by atoms with Crippen LogP contribution < -0.4 is 0 Å². The molecule has 0 saturated heterocycles. The maximum atomic E-state index is 12.0. The predicted molar refractivity (Wildman–Crippen MR) is 196 cm³/mol. The number of ether oxygens (including phenoxy) is 2. The molecule has 2 unspecified atom stereocenters. The lowest BCUT2D eigenvalue weighted by Gasteiger charge is -2.22. The number of nitrogens with zero attached hydrogens (tertiary/aromatic N) is 5. The van der Waals surface area contributed by atoms with Crippen LogP contribution >= 0.6 is 12.4 Å². The minimum Gasteiger partial charge on any atom is -0.480 e. The number of aliphatic carboxylic acids is 1. The largest absolute Gasteiger partial charge is 0.480 e. The summed E-state index contributed by atoms with van der Waals surface area (Å²) in [5, 5.41) is 11.2. The number of likely N-dealkylation sites (N-methyl/N-ethyl adjacent to an activating group) is 3. The molecular weight excluding hydrogens is 633 g/mol. The van der Waals surface area contributed by atoms with Gasteiger partial charge in [0.05, 0.1) is 30.8 Å². The summed E-state index contributed by atoms with van der Waals surface area (Å²) in [7, 11) is 10.9. The second kappa shape index (κ2) is 23.3. The van der Waals surface area contributed by atoms with Gasteiger partial charge in [-0.25, -0.2) is 4.79 Å². The Hall–Kier alpha value is -4.10. The molecular formula is C35H50BClN5O6. The number of benzene rings is 2. The first kappa shape index (κ1) is 46.0. The van der Waals surface area contributed by atoms with Gasteiger partial charge in [0.2, 0.25) is 0 Å². The molecule has 0 amide bonds. The molecule has 0 saturated carbocycles. The Labute approximate surface area is 293 Å². The predicted octanol–water partition coefficient (Wildman–Crippen LogP) is 5.11. The smallest absolute Gasteiger partial charge is 0.328 e. The number of esters is 2. The molecule has 3 radical (unpaired) electrons. The van der Waals surface area contributed by atoms with E-state index in [4.69, 9.17) is 4.74 Å². The second-order valence-corrected chi connectivity index (χ2v) is 10.8. The number of fused-ring (bicyclic) bond motifs is 2. The number of carbonyl (C=O) groups excluding carboxylic acids is 2. The van der Waals surface area contributed by atoms with E-state index in [0.29, 0.717) is 25.3 Å². The van der Waals surface area contributed by atoms with Gasteiger partial charge in [0.25, 0.3) is 0 Å². The number of hydrogen-bond donors (Lipinski definition) is 1. The topological polar surface area (TPSA) is 125 Å². The number of rotatable bonds is 10. The first-order valence-electron chi connectivity index (χ1n) is 14.6. The van der Waals surface area contributed by atoms with Crippen LogP contribution in [0.3, 0.4) is 0 Å². The average Bonchev–Trinajstić information content (AvgIpc) is 2.97. The molecule has 0 fully saturated rings. The highest BCUT2D eigenvalue weighted by molar-refractivity contribution is 5.85. The third-order valence-corrected chi connectivity index (χ3v) is 6.38. The number of carboxylic acid groups (broad SMARTS) is 1. The zero-order valence-corrected chi connectivity index (χ0v) is 29.2. The summed E-state index contributed by atoms with van der Waals surface area (Å²) >= 11 is 0. The van der Waals surface area contributed by atoms with Crippen molar-refractivity contribution in [3.8, 4) is 0 Å². The zero-order valence-electron chi connectivity index (χ0n) is 28.4. The molecule has 0 spiro atoms. The number of carboxylic acids is 1. The van der Waals surface area contributed by atoms with Gasteiger partial charge in [0, 0.05) is 31.6 Å². The van der Waals surface area contributed by atoms with Gasteiger partial charge < -0.3 is 14.6 Å².